The molecule has 0 aromatic rings. The maximum Gasteiger partial charge on any atom is 0.276 e. The van der Waals surface area contributed by atoms with Crippen molar-refractivity contribution >= 4 is 17.0 Å². The number of carbonyl (C=O) groups excluding carboxylic acids is 1. The summed E-state index contributed by atoms with van der Waals surface area (Å²) in [4.78, 5) is 10.6. The van der Waals surface area contributed by atoms with Crippen molar-refractivity contribution in [2.75, 3.05) is 0 Å². The number of nitrogens with two attached hydrogens (primary N) is 1. The summed E-state index contributed by atoms with van der Waals surface area (Å²) in [6.45, 7) is 4.30. The van der Waals surface area contributed by atoms with Crippen molar-refractivity contribution in [3.05, 3.63) is 0 Å². The molecule has 0 bridgehead atoms. The Labute approximate surface area is 79.3 Å². The Bertz CT molecular complexity index is 128. The van der Waals surface area contributed by atoms with Crippen molar-refractivity contribution < 1.29 is 4.79 Å². The van der Waals surface area contributed by atoms with Gasteiger partial charge in [0.1, 0.15) is 0 Å². The molecule has 2 nitrogen and oxygen atoms in total. The molecule has 0 saturated carbocycles. The lowest BCUT2D eigenvalue weighted by Crippen LogP contribution is -2.11. The fourth-order valence-corrected chi connectivity index (χ4v) is 2.15. The maximum atomic E-state index is 10.6. The Kier molecular flexibility index (Phi) is 7.36. The Hall–Kier alpha value is -0.180. The molecule has 0 aliphatic rings. The van der Waals surface area contributed by atoms with E-state index in [0.29, 0.717) is 5.25 Å². The van der Waals surface area contributed by atoms with Crippen molar-refractivity contribution in [2.24, 2.45) is 5.73 Å². The van der Waals surface area contributed by atoms with Gasteiger partial charge in [0.25, 0.3) is 5.24 Å². The largest absolute Gasteiger partial charge is 0.361 e. The molecule has 1 amide bonds. The number of primary amides is 1. The summed E-state index contributed by atoms with van der Waals surface area (Å²) >= 11 is 1.30. The molecule has 1 unspecified atom stereocenters. The predicted molar refractivity (Wildman–Crippen MR) is 55.4 cm³/mol. The molecule has 0 fully saturated rings. The zero-order chi connectivity index (χ0) is 9.40. The summed E-state index contributed by atoms with van der Waals surface area (Å²) in [5.41, 5.74) is 5.12. The van der Waals surface area contributed by atoms with E-state index in [1.165, 1.54) is 24.6 Å². The van der Waals surface area contributed by atoms with Crippen LogP contribution in [0.3, 0.4) is 0 Å². The van der Waals surface area contributed by atoms with Gasteiger partial charge in [0.2, 0.25) is 0 Å². The molecule has 0 aliphatic carbocycles. The Morgan fingerprint density at radius 3 is 2.42 bits per heavy atom. The zero-order valence-corrected chi connectivity index (χ0v) is 8.82. The van der Waals surface area contributed by atoms with E-state index in [4.69, 9.17) is 5.73 Å². The topological polar surface area (TPSA) is 43.1 Å². The number of unbranched alkanes of at least 4 members (excludes halogenated alkanes) is 1. The standard InChI is InChI=1S/C9H19NOS/c1-3-5-7-8(6-4-2)12-9(10)11/h8H,3-7H2,1-2H3,(H2,10,11). The van der Waals surface area contributed by atoms with Gasteiger partial charge in [-0.1, -0.05) is 44.9 Å². The molecule has 0 saturated heterocycles. The van der Waals surface area contributed by atoms with Crippen molar-refractivity contribution in [3.8, 4) is 0 Å². The van der Waals surface area contributed by atoms with Crippen LogP contribution >= 0.6 is 11.8 Å². The van der Waals surface area contributed by atoms with Gasteiger partial charge in [-0.3, -0.25) is 4.79 Å². The zero-order valence-electron chi connectivity index (χ0n) is 8.01. The minimum Gasteiger partial charge on any atom is -0.361 e. The van der Waals surface area contributed by atoms with Gasteiger partial charge in [-0.2, -0.15) is 0 Å². The monoisotopic (exact) mass is 189 g/mol. The fraction of sp³-hybridized carbons (Fsp3) is 0.889. The van der Waals surface area contributed by atoms with Gasteiger partial charge in [-0.05, 0) is 12.8 Å². The average molecular weight is 189 g/mol. The summed E-state index contributed by atoms with van der Waals surface area (Å²) in [5.74, 6) is 0. The van der Waals surface area contributed by atoms with Crippen LogP contribution in [-0.4, -0.2) is 10.5 Å². The second-order valence-corrected chi connectivity index (χ2v) is 4.29. The van der Waals surface area contributed by atoms with Gasteiger partial charge in [-0.15, -0.1) is 0 Å². The first-order valence-electron chi connectivity index (χ1n) is 4.66. The van der Waals surface area contributed by atoms with Gasteiger partial charge in [-0.25, -0.2) is 0 Å². The van der Waals surface area contributed by atoms with E-state index in [-0.39, 0.29) is 5.24 Å². The molecule has 0 radical (unpaired) electrons. The van der Waals surface area contributed by atoms with E-state index in [9.17, 15) is 4.79 Å². The third kappa shape index (κ3) is 6.53. The maximum absolute atomic E-state index is 10.6. The van der Waals surface area contributed by atoms with Crippen LogP contribution in [0.15, 0.2) is 0 Å². The molecule has 0 aliphatic heterocycles. The summed E-state index contributed by atoms with van der Waals surface area (Å²) in [6, 6.07) is 0. The van der Waals surface area contributed by atoms with E-state index in [0.717, 1.165) is 19.3 Å². The van der Waals surface area contributed by atoms with Gasteiger partial charge in [0.05, 0.1) is 0 Å². The van der Waals surface area contributed by atoms with Crippen LogP contribution in [0.1, 0.15) is 46.0 Å². The fourth-order valence-electron chi connectivity index (χ4n) is 1.18. The molecule has 0 rings (SSSR count). The van der Waals surface area contributed by atoms with Gasteiger partial charge >= 0.3 is 0 Å². The SMILES string of the molecule is CCCCC(CCC)SC(N)=O. The van der Waals surface area contributed by atoms with Crippen molar-refractivity contribution in [1.29, 1.82) is 0 Å². The molecule has 0 aromatic carbocycles. The molecule has 12 heavy (non-hydrogen) atoms. The highest BCUT2D eigenvalue weighted by Gasteiger charge is 2.10. The summed E-state index contributed by atoms with van der Waals surface area (Å²) in [5, 5.41) is 0.219. The number of hydrogen-bond acceptors (Lipinski definition) is 2. The van der Waals surface area contributed by atoms with E-state index < -0.39 is 0 Å². The van der Waals surface area contributed by atoms with Crippen LogP contribution in [0.4, 0.5) is 4.79 Å². The molecule has 0 spiro atoms. The van der Waals surface area contributed by atoms with Crippen molar-refractivity contribution in [2.45, 2.75) is 51.2 Å². The highest BCUT2D eigenvalue weighted by Crippen LogP contribution is 2.21. The van der Waals surface area contributed by atoms with Crippen LogP contribution in [0.25, 0.3) is 0 Å². The van der Waals surface area contributed by atoms with Crippen LogP contribution in [0, 0.1) is 0 Å². The van der Waals surface area contributed by atoms with Gasteiger partial charge in [0, 0.05) is 5.25 Å². The predicted octanol–water partition coefficient (Wildman–Crippen LogP) is 3.16. The number of hydrogen-bond donors (Lipinski definition) is 1. The summed E-state index contributed by atoms with van der Waals surface area (Å²) < 4.78 is 0. The number of thioether (sulfide) groups is 1. The van der Waals surface area contributed by atoms with E-state index >= 15 is 0 Å². The van der Waals surface area contributed by atoms with Crippen molar-refractivity contribution in [1.82, 2.24) is 0 Å². The molecule has 1 atom stereocenters. The smallest absolute Gasteiger partial charge is 0.276 e. The molecule has 0 aromatic heterocycles. The Balaban J connectivity index is 3.61. The first kappa shape index (κ1) is 11.8. The Morgan fingerprint density at radius 2 is 2.00 bits per heavy atom. The molecular formula is C9H19NOS. The van der Waals surface area contributed by atoms with Crippen LogP contribution < -0.4 is 5.73 Å². The summed E-state index contributed by atoms with van der Waals surface area (Å²) in [6.07, 6.45) is 5.75. The van der Waals surface area contributed by atoms with E-state index in [1.807, 2.05) is 0 Å². The number of amides is 1. The second-order valence-electron chi connectivity index (χ2n) is 2.99. The molecule has 2 N–H and O–H groups in total. The first-order valence-corrected chi connectivity index (χ1v) is 5.54. The molecule has 3 heteroatoms. The van der Waals surface area contributed by atoms with Gasteiger partial charge < -0.3 is 5.73 Å². The van der Waals surface area contributed by atoms with E-state index in [1.54, 1.807) is 0 Å². The molecular weight excluding hydrogens is 170 g/mol. The second kappa shape index (κ2) is 7.47. The normalized spacial score (nSPS) is 12.8. The van der Waals surface area contributed by atoms with Gasteiger partial charge in [0.15, 0.2) is 0 Å². The third-order valence-electron chi connectivity index (χ3n) is 1.77. The first-order chi connectivity index (χ1) is 5.70. The Morgan fingerprint density at radius 1 is 1.33 bits per heavy atom. The number of rotatable bonds is 6. The minimum absolute atomic E-state index is 0.232. The van der Waals surface area contributed by atoms with Crippen LogP contribution in [0.5, 0.6) is 0 Å². The number of carbonyl (C=O) groups is 1. The summed E-state index contributed by atoms with van der Waals surface area (Å²) in [7, 11) is 0. The minimum atomic E-state index is -0.232. The highest BCUT2D eigenvalue weighted by atomic mass is 32.2. The van der Waals surface area contributed by atoms with E-state index in [2.05, 4.69) is 13.8 Å². The highest BCUT2D eigenvalue weighted by molar-refractivity contribution is 8.14. The van der Waals surface area contributed by atoms with Crippen LogP contribution in [-0.2, 0) is 0 Å². The lowest BCUT2D eigenvalue weighted by atomic mass is 10.1. The van der Waals surface area contributed by atoms with Crippen molar-refractivity contribution in [3.63, 3.8) is 0 Å². The third-order valence-corrected chi connectivity index (χ3v) is 2.81. The molecule has 72 valence electrons. The lowest BCUT2D eigenvalue weighted by Gasteiger charge is -2.12. The quantitative estimate of drug-likeness (QED) is 0.697. The average Bonchev–Trinajstić information content (AvgIpc) is 2.00. The molecule has 0 heterocycles. The van der Waals surface area contributed by atoms with Crippen LogP contribution in [0.2, 0.25) is 0 Å². The lowest BCUT2D eigenvalue weighted by molar-refractivity contribution is 0.267.